The number of fused-ring (bicyclic) bond motifs is 5. The third-order valence-corrected chi connectivity index (χ3v) is 8.61. The molecule has 0 unspecified atom stereocenters. The molecule has 0 atom stereocenters. The second kappa shape index (κ2) is 10.5. The Bertz CT molecular complexity index is 2240. The maximum atomic E-state index is 6.36. The molecule has 222 valence electrons. The zero-order valence-corrected chi connectivity index (χ0v) is 25.1. The summed E-state index contributed by atoms with van der Waals surface area (Å²) in [6.45, 7) is 0.720. The maximum absolute atomic E-state index is 6.36. The fourth-order valence-corrected chi connectivity index (χ4v) is 6.55. The molecule has 2 aromatic heterocycles. The Kier molecular flexibility index (Phi) is 5.96. The second-order valence-electron chi connectivity index (χ2n) is 11.5. The van der Waals surface area contributed by atoms with Gasteiger partial charge in [-0.05, 0) is 60.7 Å². The third kappa shape index (κ3) is 4.24. The van der Waals surface area contributed by atoms with Crippen molar-refractivity contribution in [2.24, 2.45) is 0 Å². The summed E-state index contributed by atoms with van der Waals surface area (Å²) in [6.07, 6.45) is 3.97. The van der Waals surface area contributed by atoms with Crippen LogP contribution in [0.4, 0.5) is 22.7 Å². The van der Waals surface area contributed by atoms with Crippen molar-refractivity contribution in [2.75, 3.05) is 23.5 Å². The van der Waals surface area contributed by atoms with Crippen molar-refractivity contribution in [3.8, 4) is 23.1 Å². The van der Waals surface area contributed by atoms with Crippen LogP contribution in [0.3, 0.4) is 0 Å². The van der Waals surface area contributed by atoms with Crippen molar-refractivity contribution < 1.29 is 9.47 Å². The topological polar surface area (TPSA) is 46.0 Å². The first-order valence-electron chi connectivity index (χ1n) is 15.3. The monoisotopic (exact) mass is 599 g/mol. The summed E-state index contributed by atoms with van der Waals surface area (Å²) in [5.41, 5.74) is 6.36. The summed E-state index contributed by atoms with van der Waals surface area (Å²) >= 11 is 0. The van der Waals surface area contributed by atoms with Crippen LogP contribution in [0, 0.1) is 0 Å². The van der Waals surface area contributed by atoms with Gasteiger partial charge in [0.15, 0.2) is 11.5 Å². The first-order chi connectivity index (χ1) is 22.7. The van der Waals surface area contributed by atoms with Crippen LogP contribution < -0.4 is 19.3 Å². The normalized spacial score (nSPS) is 13.8. The summed E-state index contributed by atoms with van der Waals surface area (Å²) in [5.74, 6) is 3.90. The number of benzene rings is 5. The average molecular weight is 600 g/mol. The fourth-order valence-electron chi connectivity index (χ4n) is 6.55. The highest BCUT2D eigenvalue weighted by Crippen LogP contribution is 2.52. The minimum atomic E-state index is 0.539. The van der Waals surface area contributed by atoms with Gasteiger partial charge in [-0.1, -0.05) is 60.7 Å². The van der Waals surface area contributed by atoms with E-state index in [1.54, 1.807) is 6.20 Å². The summed E-state index contributed by atoms with van der Waals surface area (Å²) in [7, 11) is 2.15. The highest BCUT2D eigenvalue weighted by molar-refractivity contribution is 6.10. The molecule has 0 radical (unpaired) electrons. The van der Waals surface area contributed by atoms with Crippen LogP contribution in [-0.2, 0) is 0 Å². The Morgan fingerprint density at radius 2 is 1.37 bits per heavy atom. The van der Waals surface area contributed by atoms with E-state index in [-0.39, 0.29) is 0 Å². The number of hydrogen-bond acceptors (Lipinski definition) is 6. The Morgan fingerprint density at radius 1 is 0.652 bits per heavy atom. The van der Waals surface area contributed by atoms with Gasteiger partial charge in [0.05, 0.1) is 29.1 Å². The molecule has 0 N–H and O–H groups in total. The van der Waals surface area contributed by atoms with Crippen molar-refractivity contribution in [1.29, 1.82) is 0 Å². The standard InChI is InChI=1S/C39H29N5O2/c1-41-26-42(25-39(41)44-32-15-4-2-13-30(32)31-14-3-5-16-33(31)44)27-11-10-12-28(23-27)43-34-17-6-7-18-36(34)46-37-21-20-29(24-35(37)43)45-38-19-8-9-22-40-38/h2-25H,26H2,1H3. The summed E-state index contributed by atoms with van der Waals surface area (Å²) < 4.78 is 14.9. The Morgan fingerprint density at radius 3 is 2.17 bits per heavy atom. The Hall–Kier alpha value is -6.21. The molecule has 0 bridgehead atoms. The lowest BCUT2D eigenvalue weighted by atomic mass is 10.1. The quantitative estimate of drug-likeness (QED) is 0.196. The molecule has 0 saturated heterocycles. The molecule has 7 heteroatoms. The van der Waals surface area contributed by atoms with E-state index >= 15 is 0 Å². The maximum Gasteiger partial charge on any atom is 0.219 e. The number of rotatable bonds is 5. The van der Waals surface area contributed by atoms with E-state index in [9.17, 15) is 0 Å². The molecule has 4 heterocycles. The lowest BCUT2D eigenvalue weighted by Gasteiger charge is -2.33. The molecule has 2 aliphatic rings. The van der Waals surface area contributed by atoms with Gasteiger partial charge in [-0.25, -0.2) is 4.98 Å². The van der Waals surface area contributed by atoms with Crippen molar-refractivity contribution >= 4 is 50.4 Å². The lowest BCUT2D eigenvalue weighted by Crippen LogP contribution is -2.24. The molecule has 5 aromatic carbocycles. The van der Waals surface area contributed by atoms with Gasteiger partial charge >= 0.3 is 0 Å². The zero-order chi connectivity index (χ0) is 30.6. The van der Waals surface area contributed by atoms with E-state index < -0.39 is 0 Å². The highest BCUT2D eigenvalue weighted by Gasteiger charge is 2.28. The molecular weight excluding hydrogens is 570 g/mol. The van der Waals surface area contributed by atoms with E-state index in [1.807, 2.05) is 54.6 Å². The van der Waals surface area contributed by atoms with E-state index in [2.05, 4.69) is 116 Å². The minimum Gasteiger partial charge on any atom is -0.453 e. The largest absolute Gasteiger partial charge is 0.453 e. The van der Waals surface area contributed by atoms with Crippen LogP contribution in [0.2, 0.25) is 0 Å². The molecule has 2 aliphatic heterocycles. The number of hydrogen-bond donors (Lipinski definition) is 0. The summed E-state index contributed by atoms with van der Waals surface area (Å²) in [5, 5.41) is 2.51. The molecule has 7 nitrogen and oxygen atoms in total. The van der Waals surface area contributed by atoms with Gasteiger partial charge in [-0.15, -0.1) is 0 Å². The van der Waals surface area contributed by atoms with Crippen molar-refractivity contribution in [3.63, 3.8) is 0 Å². The van der Waals surface area contributed by atoms with Crippen LogP contribution in [0.15, 0.2) is 146 Å². The predicted molar refractivity (Wildman–Crippen MR) is 184 cm³/mol. The van der Waals surface area contributed by atoms with E-state index in [0.29, 0.717) is 11.6 Å². The smallest absolute Gasteiger partial charge is 0.219 e. The molecule has 0 amide bonds. The van der Waals surface area contributed by atoms with Crippen LogP contribution in [0.5, 0.6) is 23.1 Å². The van der Waals surface area contributed by atoms with Crippen LogP contribution in [-0.4, -0.2) is 28.2 Å². The zero-order valence-electron chi connectivity index (χ0n) is 25.1. The average Bonchev–Trinajstić information content (AvgIpc) is 3.65. The number of pyridine rings is 1. The molecular formula is C39H29N5O2. The van der Waals surface area contributed by atoms with E-state index in [4.69, 9.17) is 9.47 Å². The number of aromatic nitrogens is 2. The van der Waals surface area contributed by atoms with Crippen molar-refractivity contribution in [3.05, 3.63) is 146 Å². The number of anilines is 4. The molecule has 46 heavy (non-hydrogen) atoms. The molecule has 0 aliphatic carbocycles. The van der Waals surface area contributed by atoms with Gasteiger partial charge in [-0.3, -0.25) is 4.57 Å². The Balaban J connectivity index is 1.13. The predicted octanol–water partition coefficient (Wildman–Crippen LogP) is 9.72. The lowest BCUT2D eigenvalue weighted by molar-refractivity contribution is 0.455. The second-order valence-corrected chi connectivity index (χ2v) is 11.5. The van der Waals surface area contributed by atoms with Crippen molar-refractivity contribution in [1.82, 2.24) is 14.5 Å². The molecule has 0 spiro atoms. The van der Waals surface area contributed by atoms with Gasteiger partial charge in [0.1, 0.15) is 11.6 Å². The van der Waals surface area contributed by atoms with Crippen LogP contribution in [0.1, 0.15) is 0 Å². The Labute approximate surface area is 266 Å². The van der Waals surface area contributed by atoms with Crippen molar-refractivity contribution in [2.45, 2.75) is 0 Å². The number of nitrogens with zero attached hydrogens (tertiary/aromatic N) is 5. The first kappa shape index (κ1) is 26.2. The third-order valence-electron chi connectivity index (χ3n) is 8.61. The van der Waals surface area contributed by atoms with Crippen LogP contribution >= 0.6 is 0 Å². The van der Waals surface area contributed by atoms with Crippen LogP contribution in [0.25, 0.3) is 27.6 Å². The van der Waals surface area contributed by atoms with Gasteiger partial charge in [-0.2, -0.15) is 0 Å². The van der Waals surface area contributed by atoms with Gasteiger partial charge in [0.2, 0.25) is 5.88 Å². The number of ether oxygens (including phenoxy) is 2. The molecule has 0 fully saturated rings. The molecule has 7 aromatic rings. The summed E-state index contributed by atoms with van der Waals surface area (Å²) in [6, 6.07) is 45.5. The molecule has 9 rings (SSSR count). The minimum absolute atomic E-state index is 0.539. The SMILES string of the molecule is CN1CN(c2cccc(N3c4ccccc4Oc4ccc(Oc5ccccn5)cc43)c2)C=C1n1c2ccccc2c2ccccc21. The highest BCUT2D eigenvalue weighted by atomic mass is 16.5. The first-order valence-corrected chi connectivity index (χ1v) is 15.3. The van der Waals surface area contributed by atoms with Gasteiger partial charge in [0, 0.05) is 53.7 Å². The molecule has 0 saturated carbocycles. The fraction of sp³-hybridized carbons (Fsp3) is 0.0513. The van der Waals surface area contributed by atoms with E-state index in [0.717, 1.165) is 46.7 Å². The summed E-state index contributed by atoms with van der Waals surface area (Å²) in [4.78, 5) is 11.2. The van der Waals surface area contributed by atoms with Gasteiger partial charge in [0.25, 0.3) is 0 Å². The van der Waals surface area contributed by atoms with E-state index in [1.165, 1.54) is 21.8 Å². The van der Waals surface area contributed by atoms with Gasteiger partial charge < -0.3 is 24.2 Å². The number of para-hydroxylation sites is 4.